The summed E-state index contributed by atoms with van der Waals surface area (Å²) in [6.07, 6.45) is 1.70. The van der Waals surface area contributed by atoms with Crippen LogP contribution in [0.3, 0.4) is 0 Å². The highest BCUT2D eigenvalue weighted by atomic mass is 79.9. The first kappa shape index (κ1) is 12.2. The van der Waals surface area contributed by atoms with Crippen LogP contribution < -0.4 is 10.1 Å². The molecule has 1 aromatic heterocycles. The number of anilines is 1. The molecule has 0 spiro atoms. The highest BCUT2D eigenvalue weighted by Crippen LogP contribution is 2.22. The lowest BCUT2D eigenvalue weighted by atomic mass is 10.2. The quantitative estimate of drug-likeness (QED) is 0.896. The number of hydrogen-bond donors (Lipinski definition) is 1. The summed E-state index contributed by atoms with van der Waals surface area (Å²) < 4.78 is 6.33. The van der Waals surface area contributed by atoms with E-state index in [1.54, 1.807) is 6.20 Å². The molecule has 1 rings (SSSR count). The van der Waals surface area contributed by atoms with Crippen molar-refractivity contribution in [1.82, 2.24) is 9.97 Å². The van der Waals surface area contributed by atoms with Crippen molar-refractivity contribution in [3.05, 3.63) is 10.7 Å². The van der Waals surface area contributed by atoms with Crippen LogP contribution in [0.15, 0.2) is 10.7 Å². The minimum Gasteiger partial charge on any atom is -0.476 e. The number of aromatic nitrogens is 2. The number of halogens is 1. The fourth-order valence-corrected chi connectivity index (χ4v) is 1.25. The van der Waals surface area contributed by atoms with E-state index >= 15 is 0 Å². The topological polar surface area (TPSA) is 47.0 Å². The number of rotatable bonds is 5. The number of ether oxygens (including phenoxy) is 1. The minimum absolute atomic E-state index is 0.481. The Morgan fingerprint density at radius 1 is 1.53 bits per heavy atom. The van der Waals surface area contributed by atoms with Gasteiger partial charge in [-0.05, 0) is 28.8 Å². The molecular formula is C10H16BrN3O. The van der Waals surface area contributed by atoms with Crippen LogP contribution >= 0.6 is 15.9 Å². The summed E-state index contributed by atoms with van der Waals surface area (Å²) in [7, 11) is 0. The lowest BCUT2D eigenvalue weighted by Crippen LogP contribution is -2.08. The van der Waals surface area contributed by atoms with Gasteiger partial charge in [0.05, 0.1) is 17.3 Å². The van der Waals surface area contributed by atoms with Gasteiger partial charge >= 0.3 is 0 Å². The summed E-state index contributed by atoms with van der Waals surface area (Å²) in [5.41, 5.74) is 0. The summed E-state index contributed by atoms with van der Waals surface area (Å²) in [5.74, 6) is 1.67. The van der Waals surface area contributed by atoms with Crippen molar-refractivity contribution in [2.45, 2.75) is 20.8 Å². The second kappa shape index (κ2) is 5.90. The van der Waals surface area contributed by atoms with Crippen molar-refractivity contribution >= 4 is 21.9 Å². The Morgan fingerprint density at radius 2 is 2.27 bits per heavy atom. The van der Waals surface area contributed by atoms with Gasteiger partial charge in [0.1, 0.15) is 0 Å². The Morgan fingerprint density at radius 3 is 2.87 bits per heavy atom. The van der Waals surface area contributed by atoms with Crippen molar-refractivity contribution < 1.29 is 4.74 Å². The summed E-state index contributed by atoms with van der Waals surface area (Å²) in [4.78, 5) is 8.35. The first-order valence-corrected chi connectivity index (χ1v) is 5.82. The average Bonchev–Trinajstić information content (AvgIpc) is 2.19. The molecule has 0 saturated heterocycles. The molecule has 0 unspecified atom stereocenters. The first-order chi connectivity index (χ1) is 7.13. The van der Waals surface area contributed by atoms with Gasteiger partial charge in [-0.3, -0.25) is 0 Å². The molecule has 4 nitrogen and oxygen atoms in total. The summed E-state index contributed by atoms with van der Waals surface area (Å²) in [5, 5.41) is 3.04. The Kier molecular flexibility index (Phi) is 4.81. The van der Waals surface area contributed by atoms with Crippen LogP contribution in [-0.4, -0.2) is 23.1 Å². The minimum atomic E-state index is 0.481. The smallest absolute Gasteiger partial charge is 0.232 e. The standard InChI is InChI=1S/C10H16BrN3O/c1-4-12-10-13-5-8(11)9(14-10)15-6-7(2)3/h5,7H,4,6H2,1-3H3,(H,12,13,14). The average molecular weight is 274 g/mol. The second-order valence-corrected chi connectivity index (χ2v) is 4.44. The van der Waals surface area contributed by atoms with Crippen molar-refractivity contribution in [3.8, 4) is 5.88 Å². The second-order valence-electron chi connectivity index (χ2n) is 3.58. The molecule has 0 aliphatic carbocycles. The van der Waals surface area contributed by atoms with Gasteiger partial charge in [-0.15, -0.1) is 0 Å². The molecule has 1 N–H and O–H groups in total. The van der Waals surface area contributed by atoms with Gasteiger partial charge in [0.15, 0.2) is 0 Å². The fraction of sp³-hybridized carbons (Fsp3) is 0.600. The van der Waals surface area contributed by atoms with E-state index in [1.165, 1.54) is 0 Å². The van der Waals surface area contributed by atoms with Crippen molar-refractivity contribution in [3.63, 3.8) is 0 Å². The summed E-state index contributed by atoms with van der Waals surface area (Å²) >= 11 is 3.35. The first-order valence-electron chi connectivity index (χ1n) is 5.02. The Bertz CT molecular complexity index is 318. The third-order valence-electron chi connectivity index (χ3n) is 1.60. The predicted molar refractivity (Wildman–Crippen MR) is 64.2 cm³/mol. The highest BCUT2D eigenvalue weighted by molar-refractivity contribution is 9.10. The third-order valence-corrected chi connectivity index (χ3v) is 2.14. The molecule has 84 valence electrons. The maximum atomic E-state index is 5.55. The summed E-state index contributed by atoms with van der Waals surface area (Å²) in [6.45, 7) is 7.65. The lowest BCUT2D eigenvalue weighted by molar-refractivity contribution is 0.259. The molecule has 0 atom stereocenters. The molecule has 0 radical (unpaired) electrons. The van der Waals surface area contributed by atoms with Crippen LogP contribution in [0.2, 0.25) is 0 Å². The van der Waals surface area contributed by atoms with Crippen LogP contribution in [-0.2, 0) is 0 Å². The zero-order valence-electron chi connectivity index (χ0n) is 9.25. The van der Waals surface area contributed by atoms with Gasteiger partial charge in [-0.1, -0.05) is 13.8 Å². The largest absolute Gasteiger partial charge is 0.476 e. The molecule has 0 aromatic carbocycles. The number of nitrogens with one attached hydrogen (secondary N) is 1. The molecule has 0 aliphatic rings. The van der Waals surface area contributed by atoms with Crippen molar-refractivity contribution in [2.75, 3.05) is 18.5 Å². The molecule has 1 aromatic rings. The van der Waals surface area contributed by atoms with E-state index in [1.807, 2.05) is 6.92 Å². The third kappa shape index (κ3) is 4.03. The van der Waals surface area contributed by atoms with Crippen LogP contribution in [0.5, 0.6) is 5.88 Å². The van der Waals surface area contributed by atoms with Gasteiger partial charge in [-0.2, -0.15) is 4.98 Å². The zero-order chi connectivity index (χ0) is 11.3. The molecule has 0 bridgehead atoms. The maximum Gasteiger partial charge on any atom is 0.232 e. The van der Waals surface area contributed by atoms with E-state index in [9.17, 15) is 0 Å². The van der Waals surface area contributed by atoms with Gasteiger partial charge in [0.2, 0.25) is 11.8 Å². The van der Waals surface area contributed by atoms with E-state index in [-0.39, 0.29) is 0 Å². The Hall–Kier alpha value is -0.840. The van der Waals surface area contributed by atoms with Crippen molar-refractivity contribution in [2.24, 2.45) is 5.92 Å². The molecule has 0 fully saturated rings. The predicted octanol–water partition coefficient (Wildman–Crippen LogP) is 2.71. The summed E-state index contributed by atoms with van der Waals surface area (Å²) in [6, 6.07) is 0. The number of nitrogens with zero attached hydrogens (tertiary/aromatic N) is 2. The zero-order valence-corrected chi connectivity index (χ0v) is 10.8. The molecule has 15 heavy (non-hydrogen) atoms. The van der Waals surface area contributed by atoms with Gasteiger partial charge < -0.3 is 10.1 Å². The molecule has 5 heteroatoms. The van der Waals surface area contributed by atoms with Gasteiger partial charge in [-0.25, -0.2) is 4.98 Å². The lowest BCUT2D eigenvalue weighted by Gasteiger charge is -2.10. The fourth-order valence-electron chi connectivity index (χ4n) is 0.942. The van der Waals surface area contributed by atoms with E-state index in [4.69, 9.17) is 4.74 Å². The van der Waals surface area contributed by atoms with E-state index in [0.717, 1.165) is 11.0 Å². The van der Waals surface area contributed by atoms with Crippen molar-refractivity contribution in [1.29, 1.82) is 0 Å². The maximum absolute atomic E-state index is 5.55. The van der Waals surface area contributed by atoms with Crippen LogP contribution in [0, 0.1) is 5.92 Å². The Labute approximate surface area is 98.6 Å². The van der Waals surface area contributed by atoms with E-state index < -0.39 is 0 Å². The monoisotopic (exact) mass is 273 g/mol. The van der Waals surface area contributed by atoms with Crippen LogP contribution in [0.25, 0.3) is 0 Å². The van der Waals surface area contributed by atoms with E-state index in [2.05, 4.69) is 45.1 Å². The Balaban J connectivity index is 2.71. The molecule has 1 heterocycles. The normalized spacial score (nSPS) is 10.5. The SMILES string of the molecule is CCNc1ncc(Br)c(OCC(C)C)n1. The van der Waals surface area contributed by atoms with Crippen LogP contribution in [0.4, 0.5) is 5.95 Å². The highest BCUT2D eigenvalue weighted by Gasteiger charge is 2.06. The molecular weight excluding hydrogens is 258 g/mol. The molecule has 0 saturated carbocycles. The van der Waals surface area contributed by atoms with Gasteiger partial charge in [0.25, 0.3) is 0 Å². The molecule has 0 amide bonds. The molecule has 0 aliphatic heterocycles. The van der Waals surface area contributed by atoms with Gasteiger partial charge in [0, 0.05) is 6.54 Å². The van der Waals surface area contributed by atoms with E-state index in [0.29, 0.717) is 24.4 Å². The number of hydrogen-bond acceptors (Lipinski definition) is 4. The van der Waals surface area contributed by atoms with Crippen LogP contribution in [0.1, 0.15) is 20.8 Å².